The molecule has 1 fully saturated rings. The quantitative estimate of drug-likeness (QED) is 0.487. The van der Waals surface area contributed by atoms with Crippen molar-refractivity contribution in [2.75, 3.05) is 32.8 Å². The van der Waals surface area contributed by atoms with Crippen molar-refractivity contribution in [3.05, 3.63) is 57.3 Å². The molecular weight excluding hydrogens is 432 g/mol. The molecule has 6 nitrogen and oxygen atoms in total. The van der Waals surface area contributed by atoms with Crippen LogP contribution in [0.25, 0.3) is 32.5 Å². The van der Waals surface area contributed by atoms with Crippen molar-refractivity contribution < 1.29 is 4.74 Å². The molecule has 0 atom stereocenters. The highest BCUT2D eigenvalue weighted by Gasteiger charge is 2.13. The van der Waals surface area contributed by atoms with Gasteiger partial charge in [0.1, 0.15) is 5.69 Å². The van der Waals surface area contributed by atoms with Crippen molar-refractivity contribution in [3.8, 4) is 11.5 Å². The number of halogens is 1. The van der Waals surface area contributed by atoms with Gasteiger partial charge in [0.2, 0.25) is 0 Å². The van der Waals surface area contributed by atoms with E-state index in [4.69, 9.17) is 9.72 Å². The minimum Gasteiger partial charge on any atom is -0.379 e. The summed E-state index contributed by atoms with van der Waals surface area (Å²) in [7, 11) is 0. The highest BCUT2D eigenvalue weighted by molar-refractivity contribution is 7.17. The van der Waals surface area contributed by atoms with Crippen molar-refractivity contribution in [3.63, 3.8) is 0 Å². The van der Waals surface area contributed by atoms with E-state index in [1.807, 2.05) is 30.6 Å². The highest BCUT2D eigenvalue weighted by Crippen LogP contribution is 2.25. The molecule has 31 heavy (non-hydrogen) atoms. The first-order chi connectivity index (χ1) is 14.7. The summed E-state index contributed by atoms with van der Waals surface area (Å²) >= 11 is 1.65. The Morgan fingerprint density at radius 2 is 2.06 bits per heavy atom. The summed E-state index contributed by atoms with van der Waals surface area (Å²) in [5, 5.41) is 3.80. The minimum atomic E-state index is -0.111. The standard InChI is InChI=1S/C23H24N4O2S.ClH/c1-15-11-16(3-2-5-27-6-8-29-9-7-27)12-18-21(15)25-22(26-23(18)28)19-13-17-4-10-30-20(17)14-24-19;/h4,10-14H,2-3,5-9H2,1H3,(H,25,26,28);1H. The Morgan fingerprint density at radius 1 is 1.23 bits per heavy atom. The molecule has 3 aromatic heterocycles. The molecule has 0 bridgehead atoms. The lowest BCUT2D eigenvalue weighted by Gasteiger charge is -2.26. The number of H-pyrrole nitrogens is 1. The fourth-order valence-electron chi connectivity index (χ4n) is 4.08. The first-order valence-corrected chi connectivity index (χ1v) is 11.2. The summed E-state index contributed by atoms with van der Waals surface area (Å²) < 4.78 is 6.53. The number of rotatable bonds is 5. The van der Waals surface area contributed by atoms with Gasteiger partial charge in [0.25, 0.3) is 5.56 Å². The fourth-order valence-corrected chi connectivity index (χ4v) is 4.82. The molecule has 0 unspecified atom stereocenters. The summed E-state index contributed by atoms with van der Waals surface area (Å²) in [6.45, 7) is 6.76. The molecule has 0 radical (unpaired) electrons. The number of fused-ring (bicyclic) bond motifs is 2. The van der Waals surface area contributed by atoms with Crippen molar-refractivity contribution >= 4 is 44.7 Å². The van der Waals surface area contributed by atoms with Crippen LogP contribution in [0.2, 0.25) is 0 Å². The Kier molecular flexibility index (Phi) is 6.67. The first-order valence-electron chi connectivity index (χ1n) is 10.3. The number of ether oxygens (including phenoxy) is 1. The van der Waals surface area contributed by atoms with Crippen molar-refractivity contribution in [2.24, 2.45) is 0 Å². The topological polar surface area (TPSA) is 71.1 Å². The Hall–Kier alpha value is -2.32. The van der Waals surface area contributed by atoms with Crippen LogP contribution in [0.3, 0.4) is 0 Å². The number of aromatic nitrogens is 3. The Labute approximate surface area is 190 Å². The molecule has 162 valence electrons. The number of benzene rings is 1. The Bertz CT molecular complexity index is 1260. The smallest absolute Gasteiger partial charge is 0.259 e. The van der Waals surface area contributed by atoms with Crippen LogP contribution in [0.4, 0.5) is 0 Å². The zero-order valence-corrected chi connectivity index (χ0v) is 19.0. The van der Waals surface area contributed by atoms with E-state index < -0.39 is 0 Å². The Morgan fingerprint density at radius 3 is 2.90 bits per heavy atom. The Balaban J connectivity index is 0.00000231. The summed E-state index contributed by atoms with van der Waals surface area (Å²) in [4.78, 5) is 27.5. The first kappa shape index (κ1) is 21.9. The molecule has 1 aliphatic rings. The van der Waals surface area contributed by atoms with E-state index in [1.165, 1.54) is 5.56 Å². The maximum Gasteiger partial charge on any atom is 0.259 e. The lowest BCUT2D eigenvalue weighted by atomic mass is 10.0. The minimum absolute atomic E-state index is 0. The molecule has 4 aromatic rings. The molecular formula is C23H25ClN4O2S. The lowest BCUT2D eigenvalue weighted by molar-refractivity contribution is 0.0375. The van der Waals surface area contributed by atoms with Gasteiger partial charge in [-0.1, -0.05) is 6.07 Å². The fraction of sp³-hybridized carbons (Fsp3) is 0.348. The summed E-state index contributed by atoms with van der Waals surface area (Å²) in [5.41, 5.74) is 3.54. The van der Waals surface area contributed by atoms with E-state index in [1.54, 1.807) is 11.3 Å². The van der Waals surface area contributed by atoms with Crippen LogP contribution in [0.15, 0.2) is 40.6 Å². The van der Waals surface area contributed by atoms with Gasteiger partial charge < -0.3 is 9.72 Å². The van der Waals surface area contributed by atoms with Gasteiger partial charge in [-0.25, -0.2) is 4.98 Å². The zero-order chi connectivity index (χ0) is 20.5. The maximum atomic E-state index is 12.9. The van der Waals surface area contributed by atoms with Crippen LogP contribution in [-0.2, 0) is 11.2 Å². The average Bonchev–Trinajstić information content (AvgIpc) is 3.23. The number of hydrogen-bond donors (Lipinski definition) is 1. The third kappa shape index (κ3) is 4.65. The molecule has 5 rings (SSSR count). The lowest BCUT2D eigenvalue weighted by Crippen LogP contribution is -2.36. The van der Waals surface area contributed by atoms with Crippen LogP contribution in [0.1, 0.15) is 17.5 Å². The number of morpholine rings is 1. The number of hydrogen-bond acceptors (Lipinski definition) is 6. The second-order valence-electron chi connectivity index (χ2n) is 7.81. The number of nitrogens with one attached hydrogen (secondary N) is 1. The molecule has 1 saturated heterocycles. The SMILES string of the molecule is Cc1cc(CCCN2CCOCC2)cc2c(=O)[nH]c(-c3cc4ccsc4cn3)nc12.Cl. The number of pyridine rings is 1. The third-order valence-corrected chi connectivity index (χ3v) is 6.55. The van der Waals surface area contributed by atoms with Gasteiger partial charge in [-0.15, -0.1) is 23.7 Å². The van der Waals surface area contributed by atoms with Gasteiger partial charge in [-0.3, -0.25) is 14.7 Å². The normalized spacial score (nSPS) is 14.7. The van der Waals surface area contributed by atoms with Crippen LogP contribution in [0, 0.1) is 6.92 Å². The monoisotopic (exact) mass is 456 g/mol. The largest absolute Gasteiger partial charge is 0.379 e. The zero-order valence-electron chi connectivity index (χ0n) is 17.4. The molecule has 1 aromatic carbocycles. The van der Waals surface area contributed by atoms with Gasteiger partial charge in [0.15, 0.2) is 5.82 Å². The molecule has 4 heterocycles. The average molecular weight is 457 g/mol. The molecule has 0 saturated carbocycles. The van der Waals surface area contributed by atoms with E-state index in [0.29, 0.717) is 16.9 Å². The predicted octanol–water partition coefficient (Wildman–Crippen LogP) is 4.19. The molecule has 0 spiro atoms. The van der Waals surface area contributed by atoms with E-state index in [0.717, 1.165) is 66.9 Å². The second kappa shape index (κ2) is 9.44. The van der Waals surface area contributed by atoms with E-state index in [-0.39, 0.29) is 18.0 Å². The van der Waals surface area contributed by atoms with Crippen LogP contribution in [-0.4, -0.2) is 52.7 Å². The summed E-state index contributed by atoms with van der Waals surface area (Å²) in [6.07, 6.45) is 3.86. The predicted molar refractivity (Wildman–Crippen MR) is 129 cm³/mol. The highest BCUT2D eigenvalue weighted by atomic mass is 35.5. The van der Waals surface area contributed by atoms with Crippen molar-refractivity contribution in [1.29, 1.82) is 0 Å². The van der Waals surface area contributed by atoms with Crippen LogP contribution >= 0.6 is 23.7 Å². The maximum absolute atomic E-state index is 12.9. The van der Waals surface area contributed by atoms with Gasteiger partial charge in [-0.05, 0) is 66.4 Å². The number of aromatic amines is 1. The summed E-state index contributed by atoms with van der Waals surface area (Å²) in [6, 6.07) is 8.18. The molecule has 0 amide bonds. The number of aryl methyl sites for hydroxylation is 2. The second-order valence-corrected chi connectivity index (χ2v) is 8.76. The van der Waals surface area contributed by atoms with Crippen LogP contribution in [0.5, 0.6) is 0 Å². The number of thiophene rings is 1. The van der Waals surface area contributed by atoms with Crippen molar-refractivity contribution in [2.45, 2.75) is 19.8 Å². The number of nitrogens with zero attached hydrogens (tertiary/aromatic N) is 3. The van der Waals surface area contributed by atoms with Gasteiger partial charge >= 0.3 is 0 Å². The molecule has 8 heteroatoms. The van der Waals surface area contributed by atoms with E-state index in [9.17, 15) is 4.79 Å². The van der Waals surface area contributed by atoms with Gasteiger partial charge in [0, 0.05) is 19.3 Å². The van der Waals surface area contributed by atoms with Crippen LogP contribution < -0.4 is 5.56 Å². The van der Waals surface area contributed by atoms with Gasteiger partial charge in [-0.2, -0.15) is 0 Å². The summed E-state index contributed by atoms with van der Waals surface area (Å²) in [5.74, 6) is 0.517. The molecule has 0 aliphatic carbocycles. The van der Waals surface area contributed by atoms with E-state index in [2.05, 4.69) is 27.0 Å². The molecule has 1 N–H and O–H groups in total. The van der Waals surface area contributed by atoms with E-state index >= 15 is 0 Å². The van der Waals surface area contributed by atoms with Gasteiger partial charge in [0.05, 0.1) is 28.8 Å². The van der Waals surface area contributed by atoms with Crippen molar-refractivity contribution in [1.82, 2.24) is 19.9 Å². The molecule has 1 aliphatic heterocycles. The third-order valence-electron chi connectivity index (χ3n) is 5.69.